The van der Waals surface area contributed by atoms with Crippen molar-refractivity contribution in [3.63, 3.8) is 0 Å². The van der Waals surface area contributed by atoms with Crippen LogP contribution in [0.3, 0.4) is 0 Å². The van der Waals surface area contributed by atoms with E-state index in [1.807, 2.05) is 11.0 Å². The molecule has 2 aromatic rings. The first-order chi connectivity index (χ1) is 12.6. The van der Waals surface area contributed by atoms with Crippen molar-refractivity contribution >= 4 is 34.8 Å². The standard InChI is InChI=1S/C20H20ClN3O2/c21-16-5-1-15(2-6-16)20(26)24-11-9-23(10-12-24)17-7-3-14-4-8-19(25)22-18(14)13-17/h1-3,5-7,13H,4,8-12H2,(H,22,25). The molecule has 0 aromatic heterocycles. The Hall–Kier alpha value is -2.53. The Morgan fingerprint density at radius 2 is 1.69 bits per heavy atom. The third kappa shape index (κ3) is 3.40. The van der Waals surface area contributed by atoms with Gasteiger partial charge >= 0.3 is 0 Å². The lowest BCUT2D eigenvalue weighted by Gasteiger charge is -2.36. The quantitative estimate of drug-likeness (QED) is 0.884. The summed E-state index contributed by atoms with van der Waals surface area (Å²) in [5.41, 5.74) is 3.85. The van der Waals surface area contributed by atoms with Crippen LogP contribution < -0.4 is 10.2 Å². The Labute approximate surface area is 157 Å². The molecule has 4 rings (SSSR count). The highest BCUT2D eigenvalue weighted by Gasteiger charge is 2.23. The fourth-order valence-corrected chi connectivity index (χ4v) is 3.63. The van der Waals surface area contributed by atoms with Gasteiger partial charge in [0.25, 0.3) is 5.91 Å². The van der Waals surface area contributed by atoms with E-state index < -0.39 is 0 Å². The number of nitrogens with one attached hydrogen (secondary N) is 1. The van der Waals surface area contributed by atoms with Crippen LogP contribution in [0.4, 0.5) is 11.4 Å². The number of aryl methyl sites for hydroxylation is 1. The lowest BCUT2D eigenvalue weighted by molar-refractivity contribution is -0.116. The minimum Gasteiger partial charge on any atom is -0.368 e. The fraction of sp³-hybridized carbons (Fsp3) is 0.300. The first-order valence-corrected chi connectivity index (χ1v) is 9.20. The molecule has 134 valence electrons. The summed E-state index contributed by atoms with van der Waals surface area (Å²) in [7, 11) is 0. The Bertz CT molecular complexity index is 843. The predicted octanol–water partition coefficient (Wildman–Crippen LogP) is 3.19. The molecule has 1 N–H and O–H groups in total. The largest absolute Gasteiger partial charge is 0.368 e. The molecule has 26 heavy (non-hydrogen) atoms. The summed E-state index contributed by atoms with van der Waals surface area (Å²) in [5, 5.41) is 3.58. The summed E-state index contributed by atoms with van der Waals surface area (Å²) in [5.74, 6) is 0.118. The molecule has 1 saturated heterocycles. The number of hydrogen-bond acceptors (Lipinski definition) is 3. The maximum atomic E-state index is 12.6. The molecule has 2 heterocycles. The Kier molecular flexibility index (Phi) is 4.55. The van der Waals surface area contributed by atoms with Crippen LogP contribution in [0.2, 0.25) is 5.02 Å². The summed E-state index contributed by atoms with van der Waals surface area (Å²) < 4.78 is 0. The van der Waals surface area contributed by atoms with Crippen LogP contribution in [-0.4, -0.2) is 42.9 Å². The smallest absolute Gasteiger partial charge is 0.253 e. The Morgan fingerprint density at radius 3 is 2.42 bits per heavy atom. The highest BCUT2D eigenvalue weighted by Crippen LogP contribution is 2.28. The van der Waals surface area contributed by atoms with Gasteiger partial charge in [0.1, 0.15) is 0 Å². The zero-order chi connectivity index (χ0) is 18.1. The summed E-state index contributed by atoms with van der Waals surface area (Å²) in [6.07, 6.45) is 1.35. The number of carbonyl (C=O) groups excluding carboxylic acids is 2. The number of nitrogens with zero attached hydrogens (tertiary/aromatic N) is 2. The van der Waals surface area contributed by atoms with Gasteiger partial charge in [-0.25, -0.2) is 0 Å². The predicted molar refractivity (Wildman–Crippen MR) is 103 cm³/mol. The highest BCUT2D eigenvalue weighted by atomic mass is 35.5. The maximum absolute atomic E-state index is 12.6. The lowest BCUT2D eigenvalue weighted by atomic mass is 10.0. The summed E-state index contributed by atoms with van der Waals surface area (Å²) >= 11 is 5.89. The van der Waals surface area contributed by atoms with Gasteiger partial charge < -0.3 is 15.1 Å². The van der Waals surface area contributed by atoms with E-state index in [0.29, 0.717) is 30.1 Å². The Balaban J connectivity index is 1.42. The molecule has 2 aliphatic heterocycles. The van der Waals surface area contributed by atoms with Crippen molar-refractivity contribution in [3.8, 4) is 0 Å². The summed E-state index contributed by atoms with van der Waals surface area (Å²) in [6.45, 7) is 2.88. The number of piperazine rings is 1. The second kappa shape index (κ2) is 7.00. The molecular formula is C20H20ClN3O2. The van der Waals surface area contributed by atoms with E-state index in [2.05, 4.69) is 22.3 Å². The van der Waals surface area contributed by atoms with Gasteiger partial charge in [0, 0.05) is 54.6 Å². The third-order valence-corrected chi connectivity index (χ3v) is 5.26. The van der Waals surface area contributed by atoms with Crippen LogP contribution in [0.15, 0.2) is 42.5 Å². The first kappa shape index (κ1) is 16.9. The van der Waals surface area contributed by atoms with Gasteiger partial charge in [-0.05, 0) is 48.4 Å². The SMILES string of the molecule is O=C1CCc2ccc(N3CCN(C(=O)c4ccc(Cl)cc4)CC3)cc2N1. The van der Waals surface area contributed by atoms with Crippen LogP contribution in [0.1, 0.15) is 22.3 Å². The van der Waals surface area contributed by atoms with Crippen LogP contribution in [0, 0.1) is 0 Å². The van der Waals surface area contributed by atoms with Crippen LogP contribution in [-0.2, 0) is 11.2 Å². The van der Waals surface area contributed by atoms with E-state index in [1.54, 1.807) is 24.3 Å². The van der Waals surface area contributed by atoms with Crippen LogP contribution in [0.25, 0.3) is 0 Å². The molecule has 0 spiro atoms. The lowest BCUT2D eigenvalue weighted by Crippen LogP contribution is -2.48. The van der Waals surface area contributed by atoms with Crippen LogP contribution >= 0.6 is 11.6 Å². The van der Waals surface area contributed by atoms with E-state index in [1.165, 1.54) is 5.56 Å². The molecule has 6 heteroatoms. The second-order valence-corrected chi connectivity index (χ2v) is 7.11. The number of fused-ring (bicyclic) bond motifs is 1. The number of carbonyl (C=O) groups is 2. The molecule has 5 nitrogen and oxygen atoms in total. The molecule has 0 aliphatic carbocycles. The van der Waals surface area contributed by atoms with E-state index >= 15 is 0 Å². The monoisotopic (exact) mass is 369 g/mol. The van der Waals surface area contributed by atoms with Crippen molar-refractivity contribution in [2.45, 2.75) is 12.8 Å². The molecule has 2 amide bonds. The maximum Gasteiger partial charge on any atom is 0.253 e. The van der Waals surface area contributed by atoms with Crippen LogP contribution in [0.5, 0.6) is 0 Å². The second-order valence-electron chi connectivity index (χ2n) is 6.68. The zero-order valence-corrected chi connectivity index (χ0v) is 15.1. The number of benzene rings is 2. The van der Waals surface area contributed by atoms with Gasteiger partial charge in [-0.1, -0.05) is 17.7 Å². The molecule has 0 bridgehead atoms. The van der Waals surface area contributed by atoms with Gasteiger partial charge in [0.15, 0.2) is 0 Å². The number of anilines is 2. The minimum atomic E-state index is 0.0408. The van der Waals surface area contributed by atoms with Gasteiger partial charge in [0.2, 0.25) is 5.91 Å². The highest BCUT2D eigenvalue weighted by molar-refractivity contribution is 6.30. The van der Waals surface area contributed by atoms with E-state index in [-0.39, 0.29) is 11.8 Å². The number of rotatable bonds is 2. The zero-order valence-electron chi connectivity index (χ0n) is 14.4. The van der Waals surface area contributed by atoms with E-state index in [0.717, 1.165) is 30.9 Å². The average molecular weight is 370 g/mol. The van der Waals surface area contributed by atoms with Crippen molar-refractivity contribution in [2.75, 3.05) is 36.4 Å². The van der Waals surface area contributed by atoms with Crippen molar-refractivity contribution in [1.29, 1.82) is 0 Å². The number of amides is 2. The van der Waals surface area contributed by atoms with E-state index in [4.69, 9.17) is 11.6 Å². The van der Waals surface area contributed by atoms with Gasteiger partial charge in [-0.3, -0.25) is 9.59 Å². The molecular weight excluding hydrogens is 350 g/mol. The molecule has 0 radical (unpaired) electrons. The molecule has 0 saturated carbocycles. The molecule has 0 atom stereocenters. The summed E-state index contributed by atoms with van der Waals surface area (Å²) in [4.78, 5) is 28.3. The number of hydrogen-bond donors (Lipinski definition) is 1. The van der Waals surface area contributed by atoms with E-state index in [9.17, 15) is 9.59 Å². The third-order valence-electron chi connectivity index (χ3n) is 5.01. The molecule has 2 aromatic carbocycles. The number of halogens is 1. The average Bonchev–Trinajstić information content (AvgIpc) is 2.67. The molecule has 1 fully saturated rings. The van der Waals surface area contributed by atoms with Crippen molar-refractivity contribution < 1.29 is 9.59 Å². The van der Waals surface area contributed by atoms with Crippen molar-refractivity contribution in [3.05, 3.63) is 58.6 Å². The normalized spacial score (nSPS) is 16.9. The summed E-state index contributed by atoms with van der Waals surface area (Å²) in [6, 6.07) is 13.3. The van der Waals surface area contributed by atoms with Gasteiger partial charge in [0.05, 0.1) is 0 Å². The molecule has 2 aliphatic rings. The van der Waals surface area contributed by atoms with Gasteiger partial charge in [-0.2, -0.15) is 0 Å². The fourth-order valence-electron chi connectivity index (χ4n) is 3.50. The topological polar surface area (TPSA) is 52.7 Å². The minimum absolute atomic E-state index is 0.0408. The Morgan fingerprint density at radius 1 is 0.962 bits per heavy atom. The van der Waals surface area contributed by atoms with Gasteiger partial charge in [-0.15, -0.1) is 0 Å². The van der Waals surface area contributed by atoms with Crippen molar-refractivity contribution in [2.24, 2.45) is 0 Å². The molecule has 0 unspecified atom stereocenters. The van der Waals surface area contributed by atoms with Crippen molar-refractivity contribution in [1.82, 2.24) is 4.90 Å². The first-order valence-electron chi connectivity index (χ1n) is 8.83.